The van der Waals surface area contributed by atoms with Crippen LogP contribution in [0.15, 0.2) is 115 Å². The number of amides is 1. The fraction of sp³-hybridized carbons (Fsp3) is 0.243. The average molecular weight is 574 g/mol. The molecule has 1 amide bonds. The Morgan fingerprint density at radius 1 is 0.762 bits per heavy atom. The Balaban J connectivity index is 1.39. The number of hydrogen-bond donors (Lipinski definition) is 1. The first-order valence-corrected chi connectivity index (χ1v) is 15.3. The summed E-state index contributed by atoms with van der Waals surface area (Å²) in [6, 6.07) is 40.0. The summed E-state index contributed by atoms with van der Waals surface area (Å²) in [7, 11) is 0. The molecule has 0 spiro atoms. The zero-order chi connectivity index (χ0) is 28.8. The highest BCUT2D eigenvalue weighted by Crippen LogP contribution is 2.44. The number of rotatable bonds is 10. The molecule has 5 aromatic rings. The normalized spacial score (nSPS) is 13.0. The molecule has 0 unspecified atom stereocenters. The van der Waals surface area contributed by atoms with E-state index in [1.165, 1.54) is 27.9 Å². The van der Waals surface area contributed by atoms with Crippen LogP contribution in [0.3, 0.4) is 0 Å². The molecule has 1 heterocycles. The number of carbonyl (C=O) groups is 1. The van der Waals surface area contributed by atoms with Gasteiger partial charge in [0.25, 0.3) is 0 Å². The lowest BCUT2D eigenvalue weighted by Crippen LogP contribution is -2.41. The van der Waals surface area contributed by atoms with Gasteiger partial charge in [-0.25, -0.2) is 4.98 Å². The summed E-state index contributed by atoms with van der Waals surface area (Å²) in [4.78, 5) is 18.3. The fourth-order valence-electron chi connectivity index (χ4n) is 6.41. The van der Waals surface area contributed by atoms with Gasteiger partial charge in [0.2, 0.25) is 5.91 Å². The highest BCUT2D eigenvalue weighted by molar-refractivity contribution is 6.30. The van der Waals surface area contributed by atoms with E-state index in [0.29, 0.717) is 13.0 Å². The van der Waals surface area contributed by atoms with Crippen molar-refractivity contribution in [3.8, 4) is 0 Å². The molecule has 6 rings (SSSR count). The van der Waals surface area contributed by atoms with Crippen LogP contribution in [0.2, 0.25) is 5.02 Å². The van der Waals surface area contributed by atoms with Crippen molar-refractivity contribution in [3.63, 3.8) is 0 Å². The predicted molar refractivity (Wildman–Crippen MR) is 170 cm³/mol. The summed E-state index contributed by atoms with van der Waals surface area (Å²) in [6.45, 7) is 0.376. The van der Waals surface area contributed by atoms with Crippen LogP contribution in [0.4, 0.5) is 0 Å². The van der Waals surface area contributed by atoms with Crippen molar-refractivity contribution in [3.05, 3.63) is 160 Å². The quantitative estimate of drug-likeness (QED) is 0.173. The molecular formula is C37H36ClN3O. The highest BCUT2D eigenvalue weighted by atomic mass is 35.5. The van der Waals surface area contributed by atoms with Crippen molar-refractivity contribution in [2.75, 3.05) is 0 Å². The van der Waals surface area contributed by atoms with Crippen molar-refractivity contribution in [2.45, 2.75) is 57.0 Å². The Hall–Kier alpha value is -4.15. The van der Waals surface area contributed by atoms with Crippen molar-refractivity contribution in [1.29, 1.82) is 0 Å². The first kappa shape index (κ1) is 28.0. The molecule has 0 fully saturated rings. The molecule has 0 saturated carbocycles. The Labute approximate surface area is 253 Å². The molecule has 212 valence electrons. The molecule has 1 N–H and O–H groups in total. The summed E-state index contributed by atoms with van der Waals surface area (Å²) in [5.74, 6) is 0.936. The van der Waals surface area contributed by atoms with Crippen molar-refractivity contribution in [2.24, 2.45) is 0 Å². The average Bonchev–Trinajstić information content (AvgIpc) is 3.42. The largest absolute Gasteiger partial charge is 0.349 e. The van der Waals surface area contributed by atoms with Crippen LogP contribution in [0, 0.1) is 0 Å². The monoisotopic (exact) mass is 573 g/mol. The van der Waals surface area contributed by atoms with Gasteiger partial charge in [0.1, 0.15) is 11.4 Å². The third kappa shape index (κ3) is 5.64. The second-order valence-corrected chi connectivity index (χ2v) is 11.5. The topological polar surface area (TPSA) is 46.9 Å². The Bertz CT molecular complexity index is 1520. The van der Waals surface area contributed by atoms with Crippen LogP contribution in [0.5, 0.6) is 0 Å². The molecule has 1 aliphatic carbocycles. The minimum Gasteiger partial charge on any atom is -0.349 e. The number of carbonyl (C=O) groups excluding carboxylic acids is 1. The molecular weight excluding hydrogens is 538 g/mol. The summed E-state index contributed by atoms with van der Waals surface area (Å²) in [5, 5.41) is 3.96. The maximum absolute atomic E-state index is 13.1. The van der Waals surface area contributed by atoms with Gasteiger partial charge in [-0.15, -0.1) is 0 Å². The lowest BCUT2D eigenvalue weighted by Gasteiger charge is -2.40. The maximum atomic E-state index is 13.1. The number of nitrogens with zero attached hydrogens (tertiary/aromatic N) is 2. The molecule has 4 nitrogen and oxygen atoms in total. The molecule has 0 radical (unpaired) electrons. The van der Waals surface area contributed by atoms with E-state index in [0.717, 1.165) is 55.1 Å². The van der Waals surface area contributed by atoms with E-state index in [2.05, 4.69) is 101 Å². The van der Waals surface area contributed by atoms with Gasteiger partial charge < -0.3 is 9.88 Å². The SMILES string of the molecule is O=C(CCCc1ccc(Cl)cc1)NCc1nc2c(n1C(c1ccccc1)(c1ccccc1)c1ccccc1)CCCC2. The van der Waals surface area contributed by atoms with Gasteiger partial charge in [0.15, 0.2) is 0 Å². The lowest BCUT2D eigenvalue weighted by molar-refractivity contribution is -0.121. The molecule has 0 bridgehead atoms. The van der Waals surface area contributed by atoms with Gasteiger partial charge in [-0.1, -0.05) is 115 Å². The number of benzene rings is 4. The summed E-state index contributed by atoms with van der Waals surface area (Å²) in [5.41, 5.74) is 6.48. The second kappa shape index (κ2) is 12.8. The van der Waals surface area contributed by atoms with Gasteiger partial charge in [-0.2, -0.15) is 0 Å². The maximum Gasteiger partial charge on any atom is 0.220 e. The minimum absolute atomic E-state index is 0.0428. The van der Waals surface area contributed by atoms with Crippen LogP contribution in [0.25, 0.3) is 0 Å². The zero-order valence-corrected chi connectivity index (χ0v) is 24.6. The van der Waals surface area contributed by atoms with Crippen molar-refractivity contribution in [1.82, 2.24) is 14.9 Å². The Morgan fingerprint density at radius 2 is 1.31 bits per heavy atom. The Morgan fingerprint density at radius 3 is 1.88 bits per heavy atom. The van der Waals surface area contributed by atoms with Crippen LogP contribution in [0.1, 0.15) is 65.1 Å². The van der Waals surface area contributed by atoms with Gasteiger partial charge in [-0.05, 0) is 72.9 Å². The van der Waals surface area contributed by atoms with E-state index in [4.69, 9.17) is 16.6 Å². The molecule has 4 aromatic carbocycles. The van der Waals surface area contributed by atoms with Gasteiger partial charge >= 0.3 is 0 Å². The van der Waals surface area contributed by atoms with Crippen LogP contribution in [-0.4, -0.2) is 15.5 Å². The van der Waals surface area contributed by atoms with E-state index >= 15 is 0 Å². The standard InChI is InChI=1S/C37H36ClN3O/c38-32-25-23-28(24-26-32)13-12-22-36(42)39-27-35-40-33-20-10-11-21-34(33)41(35)37(29-14-4-1-5-15-29,30-16-6-2-7-17-30)31-18-8-3-9-19-31/h1-9,14-19,23-26H,10-13,20-22,27H2,(H,39,42). The van der Waals surface area contributed by atoms with E-state index in [-0.39, 0.29) is 5.91 Å². The number of imidazole rings is 1. The predicted octanol–water partition coefficient (Wildman–Crippen LogP) is 7.89. The molecule has 1 aliphatic rings. The second-order valence-electron chi connectivity index (χ2n) is 11.0. The molecule has 0 atom stereocenters. The van der Waals surface area contributed by atoms with Gasteiger partial charge in [0.05, 0.1) is 12.2 Å². The van der Waals surface area contributed by atoms with Crippen LogP contribution >= 0.6 is 11.6 Å². The number of hydrogen-bond acceptors (Lipinski definition) is 2. The minimum atomic E-state index is -0.643. The number of halogens is 1. The molecule has 42 heavy (non-hydrogen) atoms. The highest BCUT2D eigenvalue weighted by Gasteiger charge is 2.42. The van der Waals surface area contributed by atoms with Crippen molar-refractivity contribution >= 4 is 17.5 Å². The molecule has 5 heteroatoms. The van der Waals surface area contributed by atoms with Crippen LogP contribution in [-0.2, 0) is 36.1 Å². The number of fused-ring (bicyclic) bond motifs is 1. The lowest BCUT2D eigenvalue weighted by atomic mass is 9.76. The number of nitrogens with one attached hydrogen (secondary N) is 1. The van der Waals surface area contributed by atoms with E-state index in [1.54, 1.807) is 0 Å². The zero-order valence-electron chi connectivity index (χ0n) is 23.8. The summed E-state index contributed by atoms with van der Waals surface area (Å²) >= 11 is 6.02. The van der Waals surface area contributed by atoms with Gasteiger partial charge in [-0.3, -0.25) is 4.79 Å². The first-order chi connectivity index (χ1) is 20.7. The van der Waals surface area contributed by atoms with Crippen molar-refractivity contribution < 1.29 is 4.79 Å². The fourth-order valence-corrected chi connectivity index (χ4v) is 6.53. The third-order valence-electron chi connectivity index (χ3n) is 8.34. The number of aromatic nitrogens is 2. The molecule has 0 aliphatic heterocycles. The molecule has 0 saturated heterocycles. The molecule has 1 aromatic heterocycles. The number of aryl methyl sites for hydroxylation is 2. The van der Waals surface area contributed by atoms with E-state index in [1.807, 2.05) is 24.3 Å². The smallest absolute Gasteiger partial charge is 0.220 e. The first-order valence-electron chi connectivity index (χ1n) is 14.9. The third-order valence-corrected chi connectivity index (χ3v) is 8.59. The van der Waals surface area contributed by atoms with E-state index in [9.17, 15) is 4.79 Å². The Kier molecular flexibility index (Phi) is 8.52. The summed E-state index contributed by atoms with van der Waals surface area (Å²) < 4.78 is 2.45. The van der Waals surface area contributed by atoms with E-state index < -0.39 is 5.54 Å². The summed E-state index contributed by atoms with van der Waals surface area (Å²) in [6.07, 6.45) is 6.26. The van der Waals surface area contributed by atoms with Gasteiger partial charge in [0, 0.05) is 17.1 Å². The van der Waals surface area contributed by atoms with Crippen LogP contribution < -0.4 is 5.32 Å².